The largest absolute Gasteiger partial charge is 0.417 e. The van der Waals surface area contributed by atoms with Crippen LogP contribution in [0.4, 0.5) is 13.2 Å². The average Bonchev–Trinajstić information content (AvgIpc) is 3.38. The molecule has 0 bridgehead atoms. The second-order valence-electron chi connectivity index (χ2n) is 6.66. The Morgan fingerprint density at radius 1 is 1.19 bits per heavy atom. The molecule has 0 spiro atoms. The first-order valence-corrected chi connectivity index (χ1v) is 10.3. The Balaban J connectivity index is 1.65. The predicted molar refractivity (Wildman–Crippen MR) is 92.8 cm³/mol. The molecule has 0 unspecified atom stereocenters. The lowest BCUT2D eigenvalue weighted by molar-refractivity contribution is -0.137. The maximum absolute atomic E-state index is 13.0. The smallest absolute Gasteiger partial charge is 0.352 e. The second kappa shape index (κ2) is 7.57. The van der Waals surface area contributed by atoms with Gasteiger partial charge in [-0.2, -0.15) is 17.5 Å². The van der Waals surface area contributed by atoms with Gasteiger partial charge >= 0.3 is 6.18 Å². The van der Waals surface area contributed by atoms with Crippen LogP contribution in [0.15, 0.2) is 23.1 Å². The number of nitrogens with one attached hydrogen (secondary N) is 1. The van der Waals surface area contributed by atoms with Crippen LogP contribution in [0.5, 0.6) is 0 Å². The average molecular weight is 426 g/mol. The molecule has 27 heavy (non-hydrogen) atoms. The van der Waals surface area contributed by atoms with Gasteiger partial charge in [0.1, 0.15) is 0 Å². The van der Waals surface area contributed by atoms with Gasteiger partial charge in [0, 0.05) is 32.2 Å². The van der Waals surface area contributed by atoms with E-state index in [0.29, 0.717) is 19.2 Å². The van der Waals surface area contributed by atoms with Crippen molar-refractivity contribution < 1.29 is 26.4 Å². The SMILES string of the molecule is O=C(CN1CCN(S(=O)(=O)c2ccc(Cl)c(C(F)(F)F)c2)CC1)NC1CC1. The van der Waals surface area contributed by atoms with Crippen LogP contribution in [0.3, 0.4) is 0 Å². The van der Waals surface area contributed by atoms with Crippen LogP contribution in [0.2, 0.25) is 5.02 Å². The van der Waals surface area contributed by atoms with Crippen LogP contribution in [-0.2, 0) is 21.0 Å². The lowest BCUT2D eigenvalue weighted by atomic mass is 10.2. The van der Waals surface area contributed by atoms with E-state index in [1.807, 2.05) is 4.90 Å². The quantitative estimate of drug-likeness (QED) is 0.782. The number of hydrogen-bond acceptors (Lipinski definition) is 4. The summed E-state index contributed by atoms with van der Waals surface area (Å²) in [5.41, 5.74) is -1.18. The van der Waals surface area contributed by atoms with Crippen molar-refractivity contribution in [1.82, 2.24) is 14.5 Å². The molecule has 1 aromatic carbocycles. The van der Waals surface area contributed by atoms with E-state index in [2.05, 4.69) is 5.32 Å². The zero-order valence-electron chi connectivity index (χ0n) is 14.3. The number of hydrogen-bond donors (Lipinski definition) is 1. The number of amides is 1. The summed E-state index contributed by atoms with van der Waals surface area (Å²) in [6.07, 6.45) is -2.77. The minimum absolute atomic E-state index is 0.0960. The van der Waals surface area contributed by atoms with Crippen molar-refractivity contribution in [2.75, 3.05) is 32.7 Å². The highest BCUT2D eigenvalue weighted by molar-refractivity contribution is 7.89. The monoisotopic (exact) mass is 425 g/mol. The number of halogens is 4. The van der Waals surface area contributed by atoms with Gasteiger partial charge in [-0.1, -0.05) is 11.6 Å². The van der Waals surface area contributed by atoms with Gasteiger partial charge in [0.15, 0.2) is 0 Å². The van der Waals surface area contributed by atoms with Gasteiger partial charge in [-0.25, -0.2) is 8.42 Å². The summed E-state index contributed by atoms with van der Waals surface area (Å²) in [6.45, 7) is 1.05. The fraction of sp³-hybridized carbons (Fsp3) is 0.562. The molecule has 150 valence electrons. The van der Waals surface area contributed by atoms with E-state index >= 15 is 0 Å². The van der Waals surface area contributed by atoms with Crippen LogP contribution in [0.1, 0.15) is 18.4 Å². The van der Waals surface area contributed by atoms with Crippen LogP contribution in [0.25, 0.3) is 0 Å². The van der Waals surface area contributed by atoms with E-state index in [9.17, 15) is 26.4 Å². The molecule has 0 aromatic heterocycles. The van der Waals surface area contributed by atoms with E-state index in [0.717, 1.165) is 29.3 Å². The molecule has 0 radical (unpaired) electrons. The Kier molecular flexibility index (Phi) is 5.72. The van der Waals surface area contributed by atoms with Crippen molar-refractivity contribution >= 4 is 27.5 Å². The molecule has 1 saturated heterocycles. The molecular formula is C16H19ClF3N3O3S. The van der Waals surface area contributed by atoms with Gasteiger partial charge in [-0.3, -0.25) is 9.69 Å². The first kappa shape index (κ1) is 20.4. The summed E-state index contributed by atoms with van der Waals surface area (Å²) in [5, 5.41) is 2.31. The third-order valence-electron chi connectivity index (χ3n) is 4.52. The Labute approximate surface area is 160 Å². The number of benzene rings is 1. The van der Waals surface area contributed by atoms with E-state index < -0.39 is 31.7 Å². The molecular weight excluding hydrogens is 407 g/mol. The van der Waals surface area contributed by atoms with Crippen LogP contribution >= 0.6 is 11.6 Å². The molecule has 1 aliphatic carbocycles. The fourth-order valence-corrected chi connectivity index (χ4v) is 4.54. The molecule has 1 amide bonds. The highest BCUT2D eigenvalue weighted by Gasteiger charge is 2.36. The molecule has 1 N–H and O–H groups in total. The molecule has 1 aliphatic heterocycles. The van der Waals surface area contributed by atoms with E-state index in [1.165, 1.54) is 0 Å². The molecule has 0 atom stereocenters. The number of nitrogens with zero attached hydrogens (tertiary/aromatic N) is 2. The molecule has 6 nitrogen and oxygen atoms in total. The number of carbonyl (C=O) groups excluding carboxylic acids is 1. The summed E-state index contributed by atoms with van der Waals surface area (Å²) in [7, 11) is -4.07. The van der Waals surface area contributed by atoms with Gasteiger partial charge < -0.3 is 5.32 Å². The lowest BCUT2D eigenvalue weighted by Crippen LogP contribution is -2.51. The molecule has 3 rings (SSSR count). The zero-order chi connectivity index (χ0) is 19.8. The Morgan fingerprint density at radius 2 is 1.81 bits per heavy atom. The number of carbonyl (C=O) groups is 1. The van der Waals surface area contributed by atoms with E-state index in [4.69, 9.17) is 11.6 Å². The highest BCUT2D eigenvalue weighted by atomic mass is 35.5. The van der Waals surface area contributed by atoms with Crippen molar-refractivity contribution in [2.45, 2.75) is 30.0 Å². The Morgan fingerprint density at radius 3 is 2.37 bits per heavy atom. The lowest BCUT2D eigenvalue weighted by Gasteiger charge is -2.33. The number of rotatable bonds is 5. The number of alkyl halides is 3. The second-order valence-corrected chi connectivity index (χ2v) is 9.01. The standard InChI is InChI=1S/C16H19ClF3N3O3S/c17-14-4-3-12(9-13(14)16(18,19)20)27(25,26)23-7-5-22(6-8-23)10-15(24)21-11-1-2-11/h3-4,9,11H,1-2,5-8,10H2,(H,21,24). The summed E-state index contributed by atoms with van der Waals surface area (Å²) >= 11 is 5.55. The maximum atomic E-state index is 13.0. The van der Waals surface area contributed by atoms with Crippen LogP contribution < -0.4 is 5.32 Å². The van der Waals surface area contributed by atoms with Gasteiger partial charge in [0.05, 0.1) is 22.0 Å². The zero-order valence-corrected chi connectivity index (χ0v) is 15.9. The summed E-state index contributed by atoms with van der Waals surface area (Å²) < 4.78 is 65.5. The van der Waals surface area contributed by atoms with Gasteiger partial charge in [-0.05, 0) is 31.0 Å². The molecule has 11 heteroatoms. The van der Waals surface area contributed by atoms with Gasteiger partial charge in [0.2, 0.25) is 15.9 Å². The first-order chi connectivity index (χ1) is 12.6. The van der Waals surface area contributed by atoms with Crippen molar-refractivity contribution in [3.05, 3.63) is 28.8 Å². The van der Waals surface area contributed by atoms with Crippen molar-refractivity contribution in [3.8, 4) is 0 Å². The van der Waals surface area contributed by atoms with Crippen molar-refractivity contribution in [2.24, 2.45) is 0 Å². The molecule has 1 aromatic rings. The summed E-state index contributed by atoms with van der Waals surface area (Å²) in [4.78, 5) is 13.2. The van der Waals surface area contributed by atoms with E-state index in [1.54, 1.807) is 0 Å². The third kappa shape index (κ3) is 4.92. The van der Waals surface area contributed by atoms with Gasteiger partial charge in [-0.15, -0.1) is 0 Å². The summed E-state index contributed by atoms with van der Waals surface area (Å²) in [6, 6.07) is 2.83. The fourth-order valence-electron chi connectivity index (χ4n) is 2.86. The van der Waals surface area contributed by atoms with Crippen LogP contribution in [0, 0.1) is 0 Å². The normalized spacial score (nSPS) is 19.9. The minimum Gasteiger partial charge on any atom is -0.352 e. The van der Waals surface area contributed by atoms with Gasteiger partial charge in [0.25, 0.3) is 0 Å². The Bertz CT molecular complexity index is 820. The molecule has 1 heterocycles. The molecule has 2 aliphatic rings. The minimum atomic E-state index is -4.74. The van der Waals surface area contributed by atoms with Crippen molar-refractivity contribution in [1.29, 1.82) is 0 Å². The molecule has 2 fully saturated rings. The van der Waals surface area contributed by atoms with Crippen LogP contribution in [-0.4, -0.2) is 62.3 Å². The van der Waals surface area contributed by atoms with Crippen molar-refractivity contribution in [3.63, 3.8) is 0 Å². The predicted octanol–water partition coefficient (Wildman–Crippen LogP) is 1.94. The highest BCUT2D eigenvalue weighted by Crippen LogP contribution is 2.36. The number of piperazine rings is 1. The molecule has 1 saturated carbocycles. The summed E-state index contributed by atoms with van der Waals surface area (Å²) in [5.74, 6) is -0.0960. The maximum Gasteiger partial charge on any atom is 0.417 e. The Hall–Kier alpha value is -1.36. The number of sulfonamides is 1. The topological polar surface area (TPSA) is 69.7 Å². The van der Waals surface area contributed by atoms with E-state index in [-0.39, 0.29) is 31.6 Å². The third-order valence-corrected chi connectivity index (χ3v) is 6.75. The first-order valence-electron chi connectivity index (χ1n) is 8.46.